The Labute approximate surface area is 435 Å². The largest absolute Gasteiger partial charge is 0.456 e. The third-order valence-electron chi connectivity index (χ3n) is 20.0. The number of fused-ring (bicyclic) bond motifs is 6. The van der Waals surface area contributed by atoms with Crippen LogP contribution in [0, 0.1) is 0 Å². The molecule has 27 heteroatoms. The van der Waals surface area contributed by atoms with Crippen LogP contribution in [-0.2, 0) is 0 Å². The van der Waals surface area contributed by atoms with Crippen LogP contribution in [0.15, 0.2) is 4.42 Å². The molecule has 1 heterocycles. The van der Waals surface area contributed by atoms with Gasteiger partial charge in [-0.2, -0.15) is 0 Å². The van der Waals surface area contributed by atoms with Crippen molar-refractivity contribution in [1.82, 2.24) is 0 Å². The van der Waals surface area contributed by atoms with Crippen LogP contribution in [-0.4, -0.2) is 204 Å². The molecule has 9 rings (SSSR count). The molecule has 304 valence electrons. The van der Waals surface area contributed by atoms with Gasteiger partial charge in [-0.15, -0.1) is 49.2 Å². The van der Waals surface area contributed by atoms with Crippen LogP contribution in [0.3, 0.4) is 0 Å². The number of benzene rings is 8. The molecule has 0 aliphatic carbocycles. The Morgan fingerprint density at radius 2 is 0.348 bits per heavy atom. The summed E-state index contributed by atoms with van der Waals surface area (Å²) >= 11 is 0. The standard InChI is InChI=1S/C42H52B26O/c43-15-9(22(50)23(51)11-10(15)24(52)36(64)37(65)25(11)53)2-6-3(16(44)30(58)33(61)19(6)47)1(4-7(2)20(48)34(62)31(59)17(4)45)5-8(21(49)35(63)32(60)18(5)46)12-26(54)29(57)27(55)13-14-28(56)38(66)39(67)40(68)42(14)69-41(12)13/h43-68H2. The highest BCUT2D eigenvalue weighted by Crippen LogP contribution is 2.43. The second kappa shape index (κ2) is 16.8. The highest BCUT2D eigenvalue weighted by molar-refractivity contribution is 6.77. The van der Waals surface area contributed by atoms with Crippen molar-refractivity contribution in [1.29, 1.82) is 0 Å². The van der Waals surface area contributed by atoms with Gasteiger partial charge in [0.15, 0.2) is 0 Å². The zero-order valence-corrected chi connectivity index (χ0v) is 47.4. The van der Waals surface area contributed by atoms with E-state index in [0.29, 0.717) is 0 Å². The van der Waals surface area contributed by atoms with Crippen molar-refractivity contribution >= 4 is 400 Å². The zero-order chi connectivity index (χ0) is 51.0. The van der Waals surface area contributed by atoms with E-state index in [9.17, 15) is 0 Å². The lowest BCUT2D eigenvalue weighted by Gasteiger charge is -2.33. The van der Waals surface area contributed by atoms with Gasteiger partial charge in [-0.25, -0.2) is 0 Å². The molecule has 1 aromatic heterocycles. The van der Waals surface area contributed by atoms with Crippen molar-refractivity contribution in [2.45, 2.75) is 0 Å². The maximum absolute atomic E-state index is 7.47. The van der Waals surface area contributed by atoms with Gasteiger partial charge in [-0.3, -0.25) is 0 Å². The average Bonchev–Trinajstić information content (AvgIpc) is 3.72. The minimum absolute atomic E-state index is 1.02. The smallest absolute Gasteiger partial charge is 0.143 e. The minimum atomic E-state index is 1.02. The third kappa shape index (κ3) is 6.41. The summed E-state index contributed by atoms with van der Waals surface area (Å²) in [5.74, 6) is 0. The molecule has 9 aromatic rings. The number of rotatable bonds is 3. The molecule has 1 nitrogen and oxygen atoms in total. The Morgan fingerprint density at radius 3 is 0.739 bits per heavy atom. The molecular weight excluding hydrogens is 802 g/mol. The number of furan rings is 1. The summed E-state index contributed by atoms with van der Waals surface area (Å²) in [4.78, 5) is 0. The fourth-order valence-corrected chi connectivity index (χ4v) is 13.6. The van der Waals surface area contributed by atoms with E-state index in [0.717, 1.165) is 11.2 Å². The van der Waals surface area contributed by atoms with E-state index < -0.39 is 0 Å². The van der Waals surface area contributed by atoms with Gasteiger partial charge in [-0.1, -0.05) is 92.9 Å². The Kier molecular flexibility index (Phi) is 12.2. The fraction of sp³-hybridized carbons (Fsp3) is 0. The van der Waals surface area contributed by atoms with Crippen LogP contribution in [0.5, 0.6) is 0 Å². The summed E-state index contributed by atoms with van der Waals surface area (Å²) in [5.41, 5.74) is 45.6. The molecule has 0 N–H and O–H groups in total. The zero-order valence-electron chi connectivity index (χ0n) is 47.4. The molecular formula is C42H52B26O. The molecule has 0 aliphatic heterocycles. The second-order valence-corrected chi connectivity index (χ2v) is 22.3. The van der Waals surface area contributed by atoms with Gasteiger partial charge in [0.25, 0.3) is 0 Å². The van der Waals surface area contributed by atoms with Crippen molar-refractivity contribution < 1.29 is 4.42 Å². The summed E-state index contributed by atoms with van der Waals surface area (Å²) in [6.07, 6.45) is 0. The molecule has 0 saturated heterocycles. The van der Waals surface area contributed by atoms with E-state index in [1.807, 2.05) is 0 Å². The molecule has 0 spiro atoms. The summed E-state index contributed by atoms with van der Waals surface area (Å²) < 4.78 is 7.47. The summed E-state index contributed by atoms with van der Waals surface area (Å²) in [6, 6.07) is 0. The summed E-state index contributed by atoms with van der Waals surface area (Å²) in [6.45, 7) is 0. The molecule has 0 bridgehead atoms. The second-order valence-electron chi connectivity index (χ2n) is 22.3. The Hall–Kier alpha value is -3.97. The van der Waals surface area contributed by atoms with Crippen molar-refractivity contribution in [3.63, 3.8) is 0 Å². The SMILES string of the molecule is Bc1c(B)c(B)c(-c2c3c(B)c(B)c(B)c(B)c3c(-c3c(B)c(B)c4c(B)c(B)c(B)c(B)c4c3B)c3c(B)c(B)c(B)c(B)c23)c(-c2c(B)c(B)c(B)c3c2oc2c(B)c(B)c(B)c(B)c23)c1B. The lowest BCUT2D eigenvalue weighted by Crippen LogP contribution is -2.53. The van der Waals surface area contributed by atoms with Crippen molar-refractivity contribution in [2.75, 3.05) is 0 Å². The Bertz CT molecular complexity index is 3890. The summed E-state index contributed by atoms with van der Waals surface area (Å²) in [5, 5.41) is 11.0. The Balaban J connectivity index is 1.66. The van der Waals surface area contributed by atoms with Crippen LogP contribution in [0.1, 0.15) is 0 Å². The van der Waals surface area contributed by atoms with Gasteiger partial charge in [0.05, 0.1) is 0 Å². The molecule has 0 unspecified atom stereocenters. The first-order valence-corrected chi connectivity index (χ1v) is 25.7. The van der Waals surface area contributed by atoms with Gasteiger partial charge in [-0.05, 0) is 60.1 Å². The quantitative estimate of drug-likeness (QED) is 0.127. The predicted octanol–water partition coefficient (Wildman–Crippen LogP) is -33.2. The lowest BCUT2D eigenvalue weighted by molar-refractivity contribution is 0.673. The lowest BCUT2D eigenvalue weighted by atomic mass is 9.55. The Morgan fingerprint density at radius 1 is 0.130 bits per heavy atom. The molecule has 0 saturated carbocycles. The molecule has 69 heavy (non-hydrogen) atoms. The molecule has 0 atom stereocenters. The number of hydrogen-bond acceptors (Lipinski definition) is 1. The fourth-order valence-electron chi connectivity index (χ4n) is 13.6. The van der Waals surface area contributed by atoms with E-state index in [2.05, 4.69) is 204 Å². The first-order chi connectivity index (χ1) is 32.2. The van der Waals surface area contributed by atoms with Crippen molar-refractivity contribution in [3.8, 4) is 33.4 Å². The number of hydrogen-bond donors (Lipinski definition) is 0. The molecule has 0 amide bonds. The van der Waals surface area contributed by atoms with Gasteiger partial charge >= 0.3 is 0 Å². The molecule has 0 aliphatic rings. The van der Waals surface area contributed by atoms with E-state index in [4.69, 9.17) is 4.42 Å². The first kappa shape index (κ1) is 50.0. The van der Waals surface area contributed by atoms with Crippen LogP contribution in [0.2, 0.25) is 0 Å². The van der Waals surface area contributed by atoms with E-state index in [1.165, 1.54) is 219 Å². The maximum atomic E-state index is 7.47. The van der Waals surface area contributed by atoms with Gasteiger partial charge in [0.2, 0.25) is 0 Å². The molecule has 8 aromatic carbocycles. The maximum Gasteiger partial charge on any atom is 0.143 e. The summed E-state index contributed by atoms with van der Waals surface area (Å²) in [7, 11) is 61.5. The van der Waals surface area contributed by atoms with Crippen LogP contribution in [0.25, 0.3) is 87.6 Å². The highest BCUT2D eigenvalue weighted by atomic mass is 16.3. The minimum Gasteiger partial charge on any atom is -0.456 e. The molecule has 0 fully saturated rings. The van der Waals surface area contributed by atoms with Gasteiger partial charge in [0, 0.05) is 16.3 Å². The van der Waals surface area contributed by atoms with E-state index in [1.54, 1.807) is 0 Å². The predicted molar refractivity (Wildman–Crippen MR) is 395 cm³/mol. The van der Waals surface area contributed by atoms with Crippen molar-refractivity contribution in [3.05, 3.63) is 0 Å². The van der Waals surface area contributed by atoms with Crippen LogP contribution in [0.4, 0.5) is 0 Å². The van der Waals surface area contributed by atoms with E-state index in [-0.39, 0.29) is 0 Å². The van der Waals surface area contributed by atoms with Crippen LogP contribution < -0.4 is 142 Å². The van der Waals surface area contributed by atoms with Crippen LogP contribution >= 0.6 is 0 Å². The topological polar surface area (TPSA) is 13.1 Å². The highest BCUT2D eigenvalue weighted by Gasteiger charge is 2.32. The first-order valence-electron chi connectivity index (χ1n) is 25.7. The molecule has 0 radical (unpaired) electrons. The van der Waals surface area contributed by atoms with Crippen molar-refractivity contribution in [2.24, 2.45) is 0 Å². The third-order valence-corrected chi connectivity index (χ3v) is 20.0. The monoisotopic (exact) mass is 859 g/mol. The normalized spacial score (nSPS) is 11.8. The van der Waals surface area contributed by atoms with Gasteiger partial charge in [0.1, 0.15) is 215 Å². The average molecular weight is 854 g/mol. The van der Waals surface area contributed by atoms with Gasteiger partial charge < -0.3 is 4.42 Å². The van der Waals surface area contributed by atoms with E-state index >= 15 is 0 Å².